The van der Waals surface area contributed by atoms with Gasteiger partial charge in [0.1, 0.15) is 6.61 Å². The van der Waals surface area contributed by atoms with Crippen LogP contribution in [-0.2, 0) is 11.3 Å². The molecule has 0 bridgehead atoms. The van der Waals surface area contributed by atoms with Gasteiger partial charge in [0, 0.05) is 4.47 Å². The van der Waals surface area contributed by atoms with Crippen LogP contribution < -0.4 is 4.90 Å². The number of carbonyl (C=O) groups excluding carboxylic acids is 3. The van der Waals surface area contributed by atoms with Gasteiger partial charge in [0.05, 0.1) is 32.4 Å². The lowest BCUT2D eigenvalue weighted by molar-refractivity contribution is 0.0472. The van der Waals surface area contributed by atoms with Crippen molar-refractivity contribution in [1.29, 1.82) is 0 Å². The second kappa shape index (κ2) is 8.22. The van der Waals surface area contributed by atoms with Gasteiger partial charge in [-0.1, -0.05) is 51.3 Å². The highest BCUT2D eigenvalue weighted by Crippen LogP contribution is 2.34. The summed E-state index contributed by atoms with van der Waals surface area (Å²) in [4.78, 5) is 38.7. The van der Waals surface area contributed by atoms with Gasteiger partial charge in [-0.2, -0.15) is 0 Å². The molecule has 0 fully saturated rings. The summed E-state index contributed by atoms with van der Waals surface area (Å²) in [5, 5.41) is 0.393. The number of benzene rings is 3. The number of anilines is 1. The Morgan fingerprint density at radius 3 is 1.93 bits per heavy atom. The van der Waals surface area contributed by atoms with Gasteiger partial charge in [0.15, 0.2) is 0 Å². The predicted octanol–water partition coefficient (Wildman–Crippen LogP) is 5.91. The third-order valence-electron chi connectivity index (χ3n) is 4.57. The minimum absolute atomic E-state index is 0.133. The van der Waals surface area contributed by atoms with Crippen molar-refractivity contribution in [2.24, 2.45) is 0 Å². The second-order valence-corrected chi connectivity index (χ2v) is 8.24. The standard InChI is InChI=1S/C22H12BrCl2NO4/c23-14-5-1-12(2-6-14)11-30-22(29)13-3-7-15(8-4-13)26-20(27)16-9-18(24)19(25)10-17(16)21(26)28/h1-10H,11H2. The molecule has 1 heterocycles. The van der Waals surface area contributed by atoms with Gasteiger partial charge in [-0.05, 0) is 54.1 Å². The van der Waals surface area contributed by atoms with E-state index >= 15 is 0 Å². The minimum atomic E-state index is -0.509. The van der Waals surface area contributed by atoms with Crippen LogP contribution in [0.2, 0.25) is 10.0 Å². The van der Waals surface area contributed by atoms with Crippen LogP contribution in [0.4, 0.5) is 5.69 Å². The van der Waals surface area contributed by atoms with Crippen LogP contribution in [0.3, 0.4) is 0 Å². The second-order valence-electron chi connectivity index (χ2n) is 6.51. The Kier molecular flexibility index (Phi) is 5.64. The molecular weight excluding hydrogens is 493 g/mol. The highest BCUT2D eigenvalue weighted by Gasteiger charge is 2.37. The summed E-state index contributed by atoms with van der Waals surface area (Å²) < 4.78 is 6.24. The maximum absolute atomic E-state index is 12.7. The Morgan fingerprint density at radius 1 is 0.867 bits per heavy atom. The molecule has 0 radical (unpaired) electrons. The lowest BCUT2D eigenvalue weighted by Crippen LogP contribution is -2.29. The van der Waals surface area contributed by atoms with Crippen LogP contribution in [0.1, 0.15) is 36.6 Å². The van der Waals surface area contributed by atoms with Gasteiger partial charge < -0.3 is 4.74 Å². The fraction of sp³-hybridized carbons (Fsp3) is 0.0455. The molecule has 0 saturated carbocycles. The third-order valence-corrected chi connectivity index (χ3v) is 5.82. The van der Waals surface area contributed by atoms with E-state index in [0.717, 1.165) is 14.9 Å². The Balaban J connectivity index is 1.49. The summed E-state index contributed by atoms with van der Waals surface area (Å²) in [5.41, 5.74) is 1.86. The zero-order chi connectivity index (χ0) is 21.4. The van der Waals surface area contributed by atoms with Gasteiger partial charge >= 0.3 is 5.97 Å². The number of fused-ring (bicyclic) bond motifs is 1. The van der Waals surface area contributed by atoms with Crippen molar-refractivity contribution in [3.63, 3.8) is 0 Å². The highest BCUT2D eigenvalue weighted by atomic mass is 79.9. The number of hydrogen-bond donors (Lipinski definition) is 0. The van der Waals surface area contributed by atoms with Gasteiger partial charge in [-0.3, -0.25) is 9.59 Å². The van der Waals surface area contributed by atoms with E-state index in [-0.39, 0.29) is 27.8 Å². The maximum Gasteiger partial charge on any atom is 0.338 e. The normalized spacial score (nSPS) is 12.8. The first kappa shape index (κ1) is 20.6. The molecule has 150 valence electrons. The Morgan fingerprint density at radius 2 is 1.40 bits per heavy atom. The largest absolute Gasteiger partial charge is 0.457 e. The number of esters is 1. The van der Waals surface area contributed by atoms with Crippen molar-refractivity contribution < 1.29 is 19.1 Å². The molecule has 1 aliphatic rings. The van der Waals surface area contributed by atoms with Crippen LogP contribution in [0.25, 0.3) is 0 Å². The van der Waals surface area contributed by atoms with E-state index in [0.29, 0.717) is 11.3 Å². The van der Waals surface area contributed by atoms with E-state index in [1.165, 1.54) is 36.4 Å². The summed E-state index contributed by atoms with van der Waals surface area (Å²) in [5.74, 6) is -1.51. The summed E-state index contributed by atoms with van der Waals surface area (Å²) in [7, 11) is 0. The predicted molar refractivity (Wildman–Crippen MR) is 117 cm³/mol. The molecule has 0 N–H and O–H groups in total. The van der Waals surface area contributed by atoms with Gasteiger partial charge in [-0.15, -0.1) is 0 Å². The van der Waals surface area contributed by atoms with Crippen LogP contribution in [-0.4, -0.2) is 17.8 Å². The summed E-state index contributed by atoms with van der Waals surface area (Å²) in [6.07, 6.45) is 0. The number of halogens is 3. The monoisotopic (exact) mass is 503 g/mol. The van der Waals surface area contributed by atoms with Gasteiger partial charge in [-0.25, -0.2) is 9.69 Å². The van der Waals surface area contributed by atoms with Crippen molar-refractivity contribution in [3.05, 3.63) is 97.4 Å². The van der Waals surface area contributed by atoms with Crippen molar-refractivity contribution in [3.8, 4) is 0 Å². The van der Waals surface area contributed by atoms with E-state index < -0.39 is 17.8 Å². The molecule has 0 spiro atoms. The first-order chi connectivity index (χ1) is 14.3. The van der Waals surface area contributed by atoms with Crippen molar-refractivity contribution in [1.82, 2.24) is 0 Å². The molecular formula is C22H12BrCl2NO4. The van der Waals surface area contributed by atoms with Crippen LogP contribution in [0, 0.1) is 0 Å². The minimum Gasteiger partial charge on any atom is -0.457 e. The molecule has 0 aliphatic carbocycles. The number of rotatable bonds is 4. The van der Waals surface area contributed by atoms with E-state index in [1.807, 2.05) is 24.3 Å². The fourth-order valence-corrected chi connectivity index (χ4v) is 3.62. The van der Waals surface area contributed by atoms with E-state index in [4.69, 9.17) is 27.9 Å². The third kappa shape index (κ3) is 3.86. The SMILES string of the molecule is O=C(OCc1ccc(Br)cc1)c1ccc(N2C(=O)c3cc(Cl)c(Cl)cc3C2=O)cc1. The molecule has 8 heteroatoms. The van der Waals surface area contributed by atoms with E-state index in [9.17, 15) is 14.4 Å². The van der Waals surface area contributed by atoms with Crippen molar-refractivity contribution in [2.45, 2.75) is 6.61 Å². The molecule has 3 aromatic rings. The summed E-state index contributed by atoms with van der Waals surface area (Å²) in [6.45, 7) is 0.133. The Labute approximate surface area is 190 Å². The Hall–Kier alpha value is -2.67. The number of nitrogens with zero attached hydrogens (tertiary/aromatic N) is 1. The molecule has 0 aromatic heterocycles. The summed E-state index contributed by atoms with van der Waals surface area (Å²) in [6, 6.07) is 16.2. The smallest absolute Gasteiger partial charge is 0.338 e. The molecule has 0 atom stereocenters. The van der Waals surface area contributed by atoms with E-state index in [2.05, 4.69) is 15.9 Å². The lowest BCUT2D eigenvalue weighted by atomic mass is 10.1. The molecule has 2 amide bonds. The van der Waals surface area contributed by atoms with Crippen molar-refractivity contribution in [2.75, 3.05) is 4.90 Å². The molecule has 4 rings (SSSR count). The maximum atomic E-state index is 12.7. The van der Waals surface area contributed by atoms with E-state index in [1.54, 1.807) is 0 Å². The van der Waals surface area contributed by atoms with Crippen LogP contribution in [0.15, 0.2) is 65.1 Å². The molecule has 5 nitrogen and oxygen atoms in total. The fourth-order valence-electron chi connectivity index (χ4n) is 3.03. The number of ether oxygens (including phenoxy) is 1. The number of hydrogen-bond acceptors (Lipinski definition) is 4. The molecule has 0 unspecified atom stereocenters. The molecule has 30 heavy (non-hydrogen) atoms. The average Bonchev–Trinajstić information content (AvgIpc) is 2.97. The molecule has 3 aromatic carbocycles. The molecule has 1 aliphatic heterocycles. The zero-order valence-electron chi connectivity index (χ0n) is 15.2. The molecule has 0 saturated heterocycles. The number of imide groups is 1. The van der Waals surface area contributed by atoms with Gasteiger partial charge in [0.25, 0.3) is 11.8 Å². The number of carbonyl (C=O) groups is 3. The lowest BCUT2D eigenvalue weighted by Gasteiger charge is -2.14. The quantitative estimate of drug-likeness (QED) is 0.327. The van der Waals surface area contributed by atoms with Crippen molar-refractivity contribution >= 4 is 62.6 Å². The topological polar surface area (TPSA) is 63.7 Å². The first-order valence-electron chi connectivity index (χ1n) is 8.74. The van der Waals surface area contributed by atoms with Crippen LogP contribution >= 0.6 is 39.1 Å². The summed E-state index contributed by atoms with van der Waals surface area (Å²) >= 11 is 15.3. The van der Waals surface area contributed by atoms with Gasteiger partial charge in [0.2, 0.25) is 0 Å². The number of amides is 2. The Bertz CT molecular complexity index is 1140. The zero-order valence-corrected chi connectivity index (χ0v) is 18.3. The average molecular weight is 505 g/mol. The first-order valence-corrected chi connectivity index (χ1v) is 10.3. The highest BCUT2D eigenvalue weighted by molar-refractivity contribution is 9.10. The van der Waals surface area contributed by atoms with Crippen LogP contribution in [0.5, 0.6) is 0 Å².